The summed E-state index contributed by atoms with van der Waals surface area (Å²) in [6.45, 7) is 6.13. The topological polar surface area (TPSA) is 69.0 Å². The van der Waals surface area contributed by atoms with Gasteiger partial charge in [0.25, 0.3) is 5.91 Å². The van der Waals surface area contributed by atoms with Crippen LogP contribution in [0.15, 0.2) is 55.1 Å². The Morgan fingerprint density at radius 3 is 2.56 bits per heavy atom. The molecular formula is C21H22N4O2. The van der Waals surface area contributed by atoms with Crippen LogP contribution in [0.3, 0.4) is 0 Å². The molecule has 1 aromatic heterocycles. The minimum atomic E-state index is -0.336. The van der Waals surface area contributed by atoms with Crippen LogP contribution < -0.4 is 10.1 Å². The maximum Gasteiger partial charge on any atom is 0.251 e. The van der Waals surface area contributed by atoms with E-state index in [1.54, 1.807) is 17.2 Å². The number of fused-ring (bicyclic) bond motifs is 1. The lowest BCUT2D eigenvalue weighted by atomic mass is 9.89. The number of hydrogen-bond acceptors (Lipinski definition) is 4. The van der Waals surface area contributed by atoms with Gasteiger partial charge < -0.3 is 10.1 Å². The molecule has 1 amide bonds. The van der Waals surface area contributed by atoms with E-state index in [2.05, 4.69) is 15.5 Å². The van der Waals surface area contributed by atoms with Gasteiger partial charge in [-0.05, 0) is 56.7 Å². The molecule has 0 fully saturated rings. The predicted octanol–water partition coefficient (Wildman–Crippen LogP) is 3.61. The highest BCUT2D eigenvalue weighted by Gasteiger charge is 2.34. The Hall–Kier alpha value is -3.15. The Balaban J connectivity index is 1.56. The Morgan fingerprint density at radius 1 is 1.15 bits per heavy atom. The first kappa shape index (κ1) is 17.3. The van der Waals surface area contributed by atoms with Gasteiger partial charge in [-0.2, -0.15) is 0 Å². The van der Waals surface area contributed by atoms with E-state index >= 15 is 0 Å². The molecule has 1 aliphatic rings. The quantitative estimate of drug-likeness (QED) is 0.773. The van der Waals surface area contributed by atoms with Crippen molar-refractivity contribution in [2.24, 2.45) is 0 Å². The van der Waals surface area contributed by atoms with Crippen molar-refractivity contribution in [2.45, 2.75) is 38.8 Å². The van der Waals surface area contributed by atoms with Gasteiger partial charge >= 0.3 is 0 Å². The van der Waals surface area contributed by atoms with Crippen LogP contribution in [0.2, 0.25) is 0 Å². The normalized spacial score (nSPS) is 17.7. The molecule has 0 saturated heterocycles. The fourth-order valence-corrected chi connectivity index (χ4v) is 3.45. The SMILES string of the molecule is Cc1ccc2c(c1)OC(C)(C)CC2NC(=O)c1ccc(-n2cnnc2)cc1. The Bertz CT molecular complexity index is 962. The van der Waals surface area contributed by atoms with Crippen LogP contribution in [-0.4, -0.2) is 26.3 Å². The van der Waals surface area contributed by atoms with Gasteiger partial charge in [0, 0.05) is 23.2 Å². The molecule has 2 aromatic carbocycles. The summed E-state index contributed by atoms with van der Waals surface area (Å²) in [5.74, 6) is 0.749. The van der Waals surface area contributed by atoms with Crippen LogP contribution in [0.5, 0.6) is 5.75 Å². The van der Waals surface area contributed by atoms with E-state index in [4.69, 9.17) is 4.74 Å². The molecule has 1 N–H and O–H groups in total. The first-order chi connectivity index (χ1) is 12.9. The van der Waals surface area contributed by atoms with Gasteiger partial charge in [0.2, 0.25) is 0 Å². The number of aryl methyl sites for hydroxylation is 1. The summed E-state index contributed by atoms with van der Waals surface area (Å²) >= 11 is 0. The van der Waals surface area contributed by atoms with Crippen LogP contribution in [0, 0.1) is 6.92 Å². The van der Waals surface area contributed by atoms with E-state index in [9.17, 15) is 4.79 Å². The number of amides is 1. The summed E-state index contributed by atoms with van der Waals surface area (Å²) < 4.78 is 7.90. The third-order valence-electron chi connectivity index (χ3n) is 4.78. The largest absolute Gasteiger partial charge is 0.487 e. The number of ether oxygens (including phenoxy) is 1. The van der Waals surface area contributed by atoms with Gasteiger partial charge in [0.1, 0.15) is 24.0 Å². The summed E-state index contributed by atoms with van der Waals surface area (Å²) in [7, 11) is 0. The molecule has 0 aliphatic carbocycles. The highest BCUT2D eigenvalue weighted by atomic mass is 16.5. The van der Waals surface area contributed by atoms with E-state index in [0.29, 0.717) is 12.0 Å². The van der Waals surface area contributed by atoms with Crippen molar-refractivity contribution in [3.8, 4) is 11.4 Å². The Labute approximate surface area is 158 Å². The van der Waals surface area contributed by atoms with Crippen molar-refractivity contribution in [3.63, 3.8) is 0 Å². The van der Waals surface area contributed by atoms with E-state index in [0.717, 1.165) is 22.6 Å². The van der Waals surface area contributed by atoms with Crippen molar-refractivity contribution in [2.75, 3.05) is 0 Å². The third kappa shape index (κ3) is 3.56. The van der Waals surface area contributed by atoms with Gasteiger partial charge in [0.05, 0.1) is 6.04 Å². The zero-order chi connectivity index (χ0) is 19.0. The van der Waals surface area contributed by atoms with E-state index < -0.39 is 0 Å². The van der Waals surface area contributed by atoms with E-state index in [1.165, 1.54) is 0 Å². The van der Waals surface area contributed by atoms with Crippen molar-refractivity contribution >= 4 is 5.91 Å². The number of aromatic nitrogens is 3. The molecule has 138 valence electrons. The van der Waals surface area contributed by atoms with Gasteiger partial charge in [-0.15, -0.1) is 10.2 Å². The minimum Gasteiger partial charge on any atom is -0.487 e. The van der Waals surface area contributed by atoms with E-state index in [-0.39, 0.29) is 17.6 Å². The first-order valence-corrected chi connectivity index (χ1v) is 8.97. The molecule has 0 spiro atoms. The van der Waals surface area contributed by atoms with Crippen molar-refractivity contribution in [3.05, 3.63) is 71.8 Å². The Kier molecular flexibility index (Phi) is 4.18. The molecule has 1 unspecified atom stereocenters. The molecule has 0 bridgehead atoms. The Morgan fingerprint density at radius 2 is 1.85 bits per heavy atom. The van der Waals surface area contributed by atoms with E-state index in [1.807, 2.05) is 63.2 Å². The molecular weight excluding hydrogens is 340 g/mol. The number of carbonyl (C=O) groups is 1. The number of hydrogen-bond donors (Lipinski definition) is 1. The molecule has 4 rings (SSSR count). The number of rotatable bonds is 3. The van der Waals surface area contributed by atoms with Crippen LogP contribution in [-0.2, 0) is 0 Å². The van der Waals surface area contributed by atoms with Crippen LogP contribution in [0.1, 0.15) is 47.8 Å². The number of nitrogens with one attached hydrogen (secondary N) is 1. The second kappa shape index (κ2) is 6.54. The summed E-state index contributed by atoms with van der Waals surface area (Å²) in [6.07, 6.45) is 3.96. The van der Waals surface area contributed by atoms with Crippen LogP contribution >= 0.6 is 0 Å². The summed E-state index contributed by atoms with van der Waals surface area (Å²) in [4.78, 5) is 12.8. The average molecular weight is 362 g/mol. The fourth-order valence-electron chi connectivity index (χ4n) is 3.45. The van der Waals surface area contributed by atoms with Crippen LogP contribution in [0.25, 0.3) is 5.69 Å². The van der Waals surface area contributed by atoms with Crippen molar-refractivity contribution in [1.82, 2.24) is 20.1 Å². The predicted molar refractivity (Wildman–Crippen MR) is 102 cm³/mol. The molecule has 1 atom stereocenters. The van der Waals surface area contributed by atoms with Crippen molar-refractivity contribution in [1.29, 1.82) is 0 Å². The first-order valence-electron chi connectivity index (χ1n) is 8.97. The zero-order valence-electron chi connectivity index (χ0n) is 15.6. The maximum absolute atomic E-state index is 12.8. The van der Waals surface area contributed by atoms with Gasteiger partial charge in [-0.25, -0.2) is 0 Å². The maximum atomic E-state index is 12.8. The molecule has 6 heteroatoms. The molecule has 1 aliphatic heterocycles. The number of benzene rings is 2. The lowest BCUT2D eigenvalue weighted by molar-refractivity contribution is 0.0619. The summed E-state index contributed by atoms with van der Waals surface area (Å²) in [6, 6.07) is 13.4. The molecule has 0 radical (unpaired) electrons. The van der Waals surface area contributed by atoms with Gasteiger partial charge in [0.15, 0.2) is 0 Å². The number of nitrogens with zero attached hydrogens (tertiary/aromatic N) is 3. The summed E-state index contributed by atoms with van der Waals surface area (Å²) in [5, 5.41) is 10.8. The smallest absolute Gasteiger partial charge is 0.251 e. The summed E-state index contributed by atoms with van der Waals surface area (Å²) in [5.41, 5.74) is 3.35. The monoisotopic (exact) mass is 362 g/mol. The molecule has 0 saturated carbocycles. The molecule has 3 aromatic rings. The second-order valence-corrected chi connectivity index (χ2v) is 7.55. The van der Waals surface area contributed by atoms with Gasteiger partial charge in [-0.3, -0.25) is 9.36 Å². The van der Waals surface area contributed by atoms with Crippen LogP contribution in [0.4, 0.5) is 0 Å². The fraction of sp³-hybridized carbons (Fsp3) is 0.286. The average Bonchev–Trinajstić information content (AvgIpc) is 3.15. The zero-order valence-corrected chi connectivity index (χ0v) is 15.6. The second-order valence-electron chi connectivity index (χ2n) is 7.55. The highest BCUT2D eigenvalue weighted by Crippen LogP contribution is 2.40. The lowest BCUT2D eigenvalue weighted by Gasteiger charge is -2.38. The molecule has 2 heterocycles. The molecule has 6 nitrogen and oxygen atoms in total. The third-order valence-corrected chi connectivity index (χ3v) is 4.78. The highest BCUT2D eigenvalue weighted by molar-refractivity contribution is 5.94. The minimum absolute atomic E-state index is 0.0885. The van der Waals surface area contributed by atoms with Crippen molar-refractivity contribution < 1.29 is 9.53 Å². The number of carbonyl (C=O) groups excluding carboxylic acids is 1. The molecule has 27 heavy (non-hydrogen) atoms. The lowest BCUT2D eigenvalue weighted by Crippen LogP contribution is -2.41. The standard InChI is InChI=1S/C21H22N4O2/c1-14-4-9-17-18(11-21(2,3)27-19(17)10-14)24-20(26)15-5-7-16(8-6-15)25-12-22-23-13-25/h4-10,12-13,18H,11H2,1-3H3,(H,24,26). The van der Waals surface area contributed by atoms with Gasteiger partial charge in [-0.1, -0.05) is 12.1 Å².